The van der Waals surface area contributed by atoms with Gasteiger partial charge in [0.1, 0.15) is 0 Å². The second-order valence-corrected chi connectivity index (χ2v) is 6.91. The van der Waals surface area contributed by atoms with Gasteiger partial charge in [-0.3, -0.25) is 0 Å². The molecule has 1 aliphatic carbocycles. The summed E-state index contributed by atoms with van der Waals surface area (Å²) >= 11 is 6.18. The first kappa shape index (κ1) is 15.7. The zero-order valence-electron chi connectivity index (χ0n) is 13.0. The SMILES string of the molecule is CC(C)CNCc1ccc(Cl)cc1N(C)CC1CCC1. The zero-order chi connectivity index (χ0) is 14.5. The van der Waals surface area contributed by atoms with Crippen molar-refractivity contribution in [2.45, 2.75) is 39.7 Å². The van der Waals surface area contributed by atoms with E-state index < -0.39 is 0 Å². The highest BCUT2D eigenvalue weighted by Gasteiger charge is 2.20. The van der Waals surface area contributed by atoms with E-state index in [1.54, 1.807) is 0 Å². The van der Waals surface area contributed by atoms with E-state index in [2.05, 4.69) is 43.2 Å². The topological polar surface area (TPSA) is 15.3 Å². The van der Waals surface area contributed by atoms with Crippen LogP contribution in [0.4, 0.5) is 5.69 Å². The number of benzene rings is 1. The van der Waals surface area contributed by atoms with Crippen molar-refractivity contribution in [2.24, 2.45) is 11.8 Å². The molecule has 112 valence electrons. The first-order chi connectivity index (χ1) is 9.56. The van der Waals surface area contributed by atoms with Gasteiger partial charge < -0.3 is 10.2 Å². The molecule has 2 nitrogen and oxygen atoms in total. The summed E-state index contributed by atoms with van der Waals surface area (Å²) in [6, 6.07) is 6.25. The Morgan fingerprint density at radius 2 is 2.10 bits per heavy atom. The van der Waals surface area contributed by atoms with Crippen molar-refractivity contribution < 1.29 is 0 Å². The molecule has 0 aliphatic heterocycles. The summed E-state index contributed by atoms with van der Waals surface area (Å²) in [5.41, 5.74) is 2.62. The first-order valence-corrected chi connectivity index (χ1v) is 8.14. The van der Waals surface area contributed by atoms with E-state index in [0.29, 0.717) is 5.92 Å². The third kappa shape index (κ3) is 4.39. The van der Waals surface area contributed by atoms with Crippen LogP contribution in [-0.4, -0.2) is 20.1 Å². The molecule has 0 spiro atoms. The molecule has 0 unspecified atom stereocenters. The van der Waals surface area contributed by atoms with Gasteiger partial charge in [-0.2, -0.15) is 0 Å². The van der Waals surface area contributed by atoms with Gasteiger partial charge in [-0.05, 0) is 48.9 Å². The molecule has 1 aliphatic rings. The summed E-state index contributed by atoms with van der Waals surface area (Å²) in [4.78, 5) is 2.38. The van der Waals surface area contributed by atoms with Crippen LogP contribution >= 0.6 is 11.6 Å². The summed E-state index contributed by atoms with van der Waals surface area (Å²) in [6.45, 7) is 7.59. The highest BCUT2D eigenvalue weighted by Crippen LogP contribution is 2.30. The van der Waals surface area contributed by atoms with E-state index in [4.69, 9.17) is 11.6 Å². The minimum atomic E-state index is 0.679. The first-order valence-electron chi connectivity index (χ1n) is 7.76. The Labute approximate surface area is 128 Å². The molecule has 1 saturated carbocycles. The molecule has 0 heterocycles. The molecule has 1 aromatic carbocycles. The van der Waals surface area contributed by atoms with Gasteiger partial charge >= 0.3 is 0 Å². The van der Waals surface area contributed by atoms with Gasteiger partial charge in [0.05, 0.1) is 0 Å². The lowest BCUT2D eigenvalue weighted by molar-refractivity contribution is 0.321. The molecule has 0 bridgehead atoms. The van der Waals surface area contributed by atoms with Crippen LogP contribution in [0.5, 0.6) is 0 Å². The second kappa shape index (κ2) is 7.33. The van der Waals surface area contributed by atoms with Crippen molar-refractivity contribution in [2.75, 3.05) is 25.0 Å². The predicted octanol–water partition coefficient (Wildman–Crippen LogP) is 4.32. The van der Waals surface area contributed by atoms with Crippen molar-refractivity contribution >= 4 is 17.3 Å². The van der Waals surface area contributed by atoms with Crippen LogP contribution in [-0.2, 0) is 6.54 Å². The number of anilines is 1. The van der Waals surface area contributed by atoms with E-state index in [1.807, 2.05) is 6.07 Å². The van der Waals surface area contributed by atoms with Gasteiger partial charge in [-0.25, -0.2) is 0 Å². The van der Waals surface area contributed by atoms with Crippen molar-refractivity contribution in [1.82, 2.24) is 5.32 Å². The van der Waals surface area contributed by atoms with Crippen molar-refractivity contribution in [3.63, 3.8) is 0 Å². The number of hydrogen-bond acceptors (Lipinski definition) is 2. The molecule has 0 aromatic heterocycles. The Morgan fingerprint density at radius 3 is 2.70 bits per heavy atom. The number of nitrogens with zero attached hydrogens (tertiary/aromatic N) is 1. The van der Waals surface area contributed by atoms with E-state index in [9.17, 15) is 0 Å². The smallest absolute Gasteiger partial charge is 0.0426 e. The van der Waals surface area contributed by atoms with Crippen LogP contribution in [0.2, 0.25) is 5.02 Å². The van der Waals surface area contributed by atoms with Crippen LogP contribution in [0.1, 0.15) is 38.7 Å². The molecule has 1 aromatic rings. The van der Waals surface area contributed by atoms with Gasteiger partial charge in [0.15, 0.2) is 0 Å². The molecule has 20 heavy (non-hydrogen) atoms. The molecular weight excluding hydrogens is 268 g/mol. The maximum Gasteiger partial charge on any atom is 0.0426 e. The summed E-state index contributed by atoms with van der Waals surface area (Å²) in [6.07, 6.45) is 4.16. The number of nitrogens with one attached hydrogen (secondary N) is 1. The number of rotatable bonds is 7. The average Bonchev–Trinajstić information content (AvgIpc) is 2.35. The van der Waals surface area contributed by atoms with E-state index in [0.717, 1.165) is 30.6 Å². The zero-order valence-corrected chi connectivity index (χ0v) is 13.7. The quantitative estimate of drug-likeness (QED) is 0.805. The lowest BCUT2D eigenvalue weighted by Gasteiger charge is -2.32. The fourth-order valence-corrected chi connectivity index (χ4v) is 2.86. The summed E-state index contributed by atoms with van der Waals surface area (Å²) < 4.78 is 0. The van der Waals surface area contributed by atoms with Crippen LogP contribution < -0.4 is 10.2 Å². The van der Waals surface area contributed by atoms with Gasteiger partial charge in [0, 0.05) is 30.8 Å². The molecule has 1 N–H and O–H groups in total. The van der Waals surface area contributed by atoms with E-state index in [1.165, 1.54) is 30.5 Å². The summed E-state index contributed by atoms with van der Waals surface area (Å²) in [5, 5.41) is 4.35. The summed E-state index contributed by atoms with van der Waals surface area (Å²) in [7, 11) is 2.19. The standard InChI is InChI=1S/C17H27ClN2/c1-13(2)10-19-11-15-7-8-16(18)9-17(15)20(3)12-14-5-4-6-14/h7-9,13-14,19H,4-6,10-12H2,1-3H3. The minimum absolute atomic E-state index is 0.679. The molecule has 2 rings (SSSR count). The third-order valence-electron chi connectivity index (χ3n) is 4.08. The Morgan fingerprint density at radius 1 is 1.35 bits per heavy atom. The number of halogens is 1. The summed E-state index contributed by atoms with van der Waals surface area (Å²) in [5.74, 6) is 1.55. The Bertz CT molecular complexity index is 427. The highest BCUT2D eigenvalue weighted by atomic mass is 35.5. The molecule has 1 fully saturated rings. The van der Waals surface area contributed by atoms with Gasteiger partial charge in [-0.1, -0.05) is 37.9 Å². The normalized spacial score (nSPS) is 15.4. The monoisotopic (exact) mass is 294 g/mol. The fourth-order valence-electron chi connectivity index (χ4n) is 2.70. The Balaban J connectivity index is 2.01. The fraction of sp³-hybridized carbons (Fsp3) is 0.647. The average molecular weight is 295 g/mol. The van der Waals surface area contributed by atoms with Crippen LogP contribution in [0.3, 0.4) is 0 Å². The Hall–Kier alpha value is -0.730. The van der Waals surface area contributed by atoms with E-state index in [-0.39, 0.29) is 0 Å². The predicted molar refractivity (Wildman–Crippen MR) is 88.6 cm³/mol. The largest absolute Gasteiger partial charge is 0.374 e. The maximum absolute atomic E-state index is 6.18. The third-order valence-corrected chi connectivity index (χ3v) is 4.32. The molecule has 0 atom stereocenters. The lowest BCUT2D eigenvalue weighted by Crippen LogP contribution is -2.30. The lowest BCUT2D eigenvalue weighted by atomic mass is 9.85. The van der Waals surface area contributed by atoms with Crippen LogP contribution in [0.15, 0.2) is 18.2 Å². The molecule has 3 heteroatoms. The van der Waals surface area contributed by atoms with E-state index >= 15 is 0 Å². The minimum Gasteiger partial charge on any atom is -0.374 e. The molecule has 0 radical (unpaired) electrons. The van der Waals surface area contributed by atoms with Crippen LogP contribution in [0, 0.1) is 11.8 Å². The van der Waals surface area contributed by atoms with Crippen molar-refractivity contribution in [3.05, 3.63) is 28.8 Å². The molecule has 0 saturated heterocycles. The highest BCUT2D eigenvalue weighted by molar-refractivity contribution is 6.30. The van der Waals surface area contributed by atoms with Gasteiger partial charge in [0.25, 0.3) is 0 Å². The molecule has 0 amide bonds. The maximum atomic E-state index is 6.18. The van der Waals surface area contributed by atoms with Crippen molar-refractivity contribution in [1.29, 1.82) is 0 Å². The molecular formula is C17H27ClN2. The van der Waals surface area contributed by atoms with Crippen LogP contribution in [0.25, 0.3) is 0 Å². The Kier molecular flexibility index (Phi) is 5.74. The second-order valence-electron chi connectivity index (χ2n) is 6.48. The number of hydrogen-bond donors (Lipinski definition) is 1. The van der Waals surface area contributed by atoms with Gasteiger partial charge in [-0.15, -0.1) is 0 Å². The van der Waals surface area contributed by atoms with Gasteiger partial charge in [0.2, 0.25) is 0 Å². The van der Waals surface area contributed by atoms with Crippen molar-refractivity contribution in [3.8, 4) is 0 Å².